The molecule has 2 saturated heterocycles. The highest BCUT2D eigenvalue weighted by Crippen LogP contribution is 2.31. The van der Waals surface area contributed by atoms with Crippen LogP contribution in [0, 0.1) is 5.92 Å². The highest BCUT2D eigenvalue weighted by Gasteiger charge is 2.36. The van der Waals surface area contributed by atoms with Crippen molar-refractivity contribution in [2.24, 2.45) is 10.9 Å². The molecule has 0 radical (unpaired) electrons. The number of halogens is 1. The van der Waals surface area contributed by atoms with Crippen LogP contribution in [0.5, 0.6) is 0 Å². The van der Waals surface area contributed by atoms with Crippen molar-refractivity contribution in [1.82, 2.24) is 25.3 Å². The smallest absolute Gasteiger partial charge is 0.232 e. The Kier molecular flexibility index (Phi) is 8.55. The van der Waals surface area contributed by atoms with E-state index in [1.807, 2.05) is 7.05 Å². The molecule has 1 N–H and O–H groups in total. The number of fused-ring (bicyclic) bond motifs is 1. The third-order valence-electron chi connectivity index (χ3n) is 6.44. The molecule has 7 nitrogen and oxygen atoms in total. The monoisotopic (exact) mass is 552 g/mol. The number of rotatable bonds is 4. The number of hydrogen-bond donors (Lipinski definition) is 1. The van der Waals surface area contributed by atoms with Crippen LogP contribution >= 0.6 is 24.0 Å². The Balaban J connectivity index is 0.00000289. The second-order valence-corrected chi connectivity index (χ2v) is 9.83. The van der Waals surface area contributed by atoms with Gasteiger partial charge in [-0.2, -0.15) is 4.98 Å². The van der Waals surface area contributed by atoms with Crippen LogP contribution in [-0.2, 0) is 18.5 Å². The number of nitrogens with one attached hydrogen (secondary N) is 1. The lowest BCUT2D eigenvalue weighted by Gasteiger charge is -2.48. The molecule has 2 aliphatic heterocycles. The maximum Gasteiger partial charge on any atom is 0.232 e. The summed E-state index contributed by atoms with van der Waals surface area (Å²) in [4.78, 5) is 14.2. The first-order chi connectivity index (χ1) is 14.9. The fourth-order valence-corrected chi connectivity index (χ4v) is 4.83. The van der Waals surface area contributed by atoms with E-state index in [0.29, 0.717) is 30.2 Å². The van der Waals surface area contributed by atoms with Gasteiger partial charge < -0.3 is 14.7 Å². The first-order valence-corrected chi connectivity index (χ1v) is 11.5. The van der Waals surface area contributed by atoms with Crippen molar-refractivity contribution in [2.75, 3.05) is 26.7 Å². The molecule has 1 aromatic carbocycles. The number of benzene rings is 1. The van der Waals surface area contributed by atoms with E-state index in [-0.39, 0.29) is 29.4 Å². The average molecular weight is 553 g/mol. The van der Waals surface area contributed by atoms with Crippen LogP contribution in [0.2, 0.25) is 0 Å². The number of aliphatic imine (C=N–C) groups is 1. The molecule has 4 rings (SSSR count). The van der Waals surface area contributed by atoms with Crippen molar-refractivity contribution in [2.45, 2.75) is 64.6 Å². The highest BCUT2D eigenvalue weighted by atomic mass is 127. The van der Waals surface area contributed by atoms with Crippen molar-refractivity contribution in [3.05, 3.63) is 47.6 Å². The topological polar surface area (TPSA) is 69.8 Å². The molecule has 176 valence electrons. The van der Waals surface area contributed by atoms with Crippen molar-refractivity contribution < 1.29 is 4.52 Å². The zero-order chi connectivity index (χ0) is 21.8. The molecule has 0 amide bonds. The zero-order valence-electron chi connectivity index (χ0n) is 19.8. The van der Waals surface area contributed by atoms with Gasteiger partial charge in [-0.25, -0.2) is 0 Å². The molecule has 2 unspecified atom stereocenters. The Morgan fingerprint density at radius 2 is 1.97 bits per heavy atom. The Bertz CT molecular complexity index is 878. The minimum Gasteiger partial charge on any atom is -0.349 e. The van der Waals surface area contributed by atoms with Gasteiger partial charge >= 0.3 is 0 Å². The van der Waals surface area contributed by atoms with Gasteiger partial charge in [0, 0.05) is 38.1 Å². The van der Waals surface area contributed by atoms with E-state index < -0.39 is 0 Å². The Labute approximate surface area is 209 Å². The first-order valence-electron chi connectivity index (χ1n) is 11.5. The second-order valence-electron chi connectivity index (χ2n) is 9.83. The average Bonchev–Trinajstić information content (AvgIpc) is 3.25. The normalized spacial score (nSPS) is 22.2. The van der Waals surface area contributed by atoms with E-state index in [1.165, 1.54) is 31.4 Å². The SMILES string of the molecule is CN=C(NCc1noc(C(C)(C)C)n1)N1CCC2C(CCCN2Cc2ccccc2)C1.I. The number of piperidine rings is 2. The summed E-state index contributed by atoms with van der Waals surface area (Å²) in [5.74, 6) is 2.96. The van der Waals surface area contributed by atoms with Crippen LogP contribution in [0.15, 0.2) is 39.8 Å². The summed E-state index contributed by atoms with van der Waals surface area (Å²) in [6.45, 7) is 11.1. The number of nitrogens with zero attached hydrogens (tertiary/aromatic N) is 5. The third kappa shape index (κ3) is 6.01. The molecule has 0 aliphatic carbocycles. The Morgan fingerprint density at radius 3 is 2.66 bits per heavy atom. The molecule has 32 heavy (non-hydrogen) atoms. The molecule has 0 bridgehead atoms. The van der Waals surface area contributed by atoms with Crippen LogP contribution in [0.4, 0.5) is 0 Å². The van der Waals surface area contributed by atoms with Crippen LogP contribution in [-0.4, -0.2) is 58.6 Å². The molecule has 2 fully saturated rings. The lowest BCUT2D eigenvalue weighted by atomic mass is 9.83. The maximum atomic E-state index is 5.41. The van der Waals surface area contributed by atoms with Gasteiger partial charge in [0.05, 0.1) is 6.54 Å². The maximum absolute atomic E-state index is 5.41. The third-order valence-corrected chi connectivity index (χ3v) is 6.44. The summed E-state index contributed by atoms with van der Waals surface area (Å²) in [6.07, 6.45) is 3.74. The Morgan fingerprint density at radius 1 is 1.19 bits per heavy atom. The van der Waals surface area contributed by atoms with E-state index >= 15 is 0 Å². The standard InChI is InChI=1S/C24H36N6O.HI/c1-24(2,3)22-27-21(28-31-22)15-26-23(25-4)30-14-12-20-19(17-30)11-8-13-29(20)16-18-9-6-5-7-10-18;/h5-7,9-10,19-20H,8,11-17H2,1-4H3,(H,25,26);1H. The minimum atomic E-state index is -0.137. The summed E-state index contributed by atoms with van der Waals surface area (Å²) in [6, 6.07) is 11.5. The summed E-state index contributed by atoms with van der Waals surface area (Å²) in [7, 11) is 1.85. The number of likely N-dealkylation sites (tertiary alicyclic amines) is 2. The fraction of sp³-hybridized carbons (Fsp3) is 0.625. The first kappa shape index (κ1) is 25.0. The Hall–Kier alpha value is -1.68. The van der Waals surface area contributed by atoms with Crippen LogP contribution in [0.3, 0.4) is 0 Å². The van der Waals surface area contributed by atoms with E-state index in [9.17, 15) is 0 Å². The van der Waals surface area contributed by atoms with Gasteiger partial charge in [-0.1, -0.05) is 56.3 Å². The van der Waals surface area contributed by atoms with Crippen molar-refractivity contribution in [3.63, 3.8) is 0 Å². The van der Waals surface area contributed by atoms with Gasteiger partial charge in [0.15, 0.2) is 11.8 Å². The van der Waals surface area contributed by atoms with Crippen molar-refractivity contribution in [3.8, 4) is 0 Å². The quantitative estimate of drug-likeness (QED) is 0.351. The predicted molar refractivity (Wildman–Crippen MR) is 138 cm³/mol. The minimum absolute atomic E-state index is 0. The van der Waals surface area contributed by atoms with Crippen LogP contribution in [0.1, 0.15) is 57.3 Å². The summed E-state index contributed by atoms with van der Waals surface area (Å²) >= 11 is 0. The lowest BCUT2D eigenvalue weighted by Crippen LogP contribution is -2.56. The summed E-state index contributed by atoms with van der Waals surface area (Å²) in [5, 5.41) is 7.56. The van der Waals surface area contributed by atoms with Gasteiger partial charge in [0.25, 0.3) is 0 Å². The molecule has 2 aliphatic rings. The van der Waals surface area contributed by atoms with Crippen LogP contribution in [0.25, 0.3) is 0 Å². The second kappa shape index (κ2) is 11.0. The molecule has 2 aromatic rings. The van der Waals surface area contributed by atoms with E-state index in [0.717, 1.165) is 25.6 Å². The number of guanidine groups is 1. The molecule has 2 atom stereocenters. The summed E-state index contributed by atoms with van der Waals surface area (Å²) in [5.41, 5.74) is 1.28. The van der Waals surface area contributed by atoms with Crippen LogP contribution < -0.4 is 5.32 Å². The van der Waals surface area contributed by atoms with E-state index in [4.69, 9.17) is 4.52 Å². The molecule has 3 heterocycles. The molecule has 1 aromatic heterocycles. The zero-order valence-corrected chi connectivity index (χ0v) is 22.1. The molecule has 0 spiro atoms. The van der Waals surface area contributed by atoms with Gasteiger partial charge in [-0.3, -0.25) is 9.89 Å². The van der Waals surface area contributed by atoms with Gasteiger partial charge in [0.1, 0.15) is 0 Å². The van der Waals surface area contributed by atoms with Gasteiger partial charge in [-0.05, 0) is 37.3 Å². The van der Waals surface area contributed by atoms with E-state index in [2.05, 4.69) is 81.4 Å². The highest BCUT2D eigenvalue weighted by molar-refractivity contribution is 14.0. The summed E-state index contributed by atoms with van der Waals surface area (Å²) < 4.78 is 5.41. The molecular formula is C24H37IN6O. The van der Waals surface area contributed by atoms with Gasteiger partial charge in [0.2, 0.25) is 5.89 Å². The predicted octanol–water partition coefficient (Wildman–Crippen LogP) is 4.05. The number of aromatic nitrogens is 2. The van der Waals surface area contributed by atoms with Crippen molar-refractivity contribution >= 4 is 29.9 Å². The fourth-order valence-electron chi connectivity index (χ4n) is 4.83. The largest absolute Gasteiger partial charge is 0.349 e. The van der Waals surface area contributed by atoms with Crippen molar-refractivity contribution in [1.29, 1.82) is 0 Å². The lowest BCUT2D eigenvalue weighted by molar-refractivity contribution is 0.0372. The molecule has 0 saturated carbocycles. The molecule has 8 heteroatoms. The molecular weight excluding hydrogens is 515 g/mol. The van der Waals surface area contributed by atoms with Gasteiger partial charge in [-0.15, -0.1) is 24.0 Å². The number of hydrogen-bond acceptors (Lipinski definition) is 5. The van der Waals surface area contributed by atoms with E-state index in [1.54, 1.807) is 0 Å².